The van der Waals surface area contributed by atoms with Crippen LogP contribution in [0, 0.1) is 0 Å². The predicted molar refractivity (Wildman–Crippen MR) is 101 cm³/mol. The van der Waals surface area contributed by atoms with Gasteiger partial charge in [-0.05, 0) is 37.3 Å². The number of rotatable bonds is 6. The molecule has 9 heteroatoms. The van der Waals surface area contributed by atoms with Gasteiger partial charge in [-0.3, -0.25) is 0 Å². The largest absolute Gasteiger partial charge is 0.493 e. The Bertz CT molecular complexity index is 1020. The number of hydrogen-bond acceptors (Lipinski definition) is 7. The van der Waals surface area contributed by atoms with E-state index in [9.17, 15) is 9.59 Å². The lowest BCUT2D eigenvalue weighted by molar-refractivity contribution is 0.0520. The second kappa shape index (κ2) is 8.53. The zero-order valence-corrected chi connectivity index (χ0v) is 15.8. The summed E-state index contributed by atoms with van der Waals surface area (Å²) in [5.41, 5.74) is 1.10. The van der Waals surface area contributed by atoms with Crippen molar-refractivity contribution in [2.24, 2.45) is 0 Å². The van der Waals surface area contributed by atoms with Gasteiger partial charge in [0, 0.05) is 5.56 Å². The van der Waals surface area contributed by atoms with E-state index in [1.165, 1.54) is 13.2 Å². The smallest absolute Gasteiger partial charge is 0.361 e. The first-order valence-corrected chi connectivity index (χ1v) is 8.66. The molecule has 0 aliphatic rings. The minimum absolute atomic E-state index is 0.0460. The third-order valence-electron chi connectivity index (χ3n) is 3.75. The van der Waals surface area contributed by atoms with Crippen LogP contribution in [-0.2, 0) is 4.74 Å². The first-order chi connectivity index (χ1) is 13.5. The van der Waals surface area contributed by atoms with Crippen molar-refractivity contribution in [3.8, 4) is 22.8 Å². The summed E-state index contributed by atoms with van der Waals surface area (Å²) in [4.78, 5) is 24.4. The van der Waals surface area contributed by atoms with E-state index in [-0.39, 0.29) is 34.4 Å². The Kier molecular flexibility index (Phi) is 5.90. The van der Waals surface area contributed by atoms with Gasteiger partial charge in [-0.15, -0.1) is 5.10 Å². The molecule has 28 heavy (non-hydrogen) atoms. The molecule has 1 aromatic heterocycles. The monoisotopic (exact) mass is 401 g/mol. The minimum atomic E-state index is -0.620. The molecule has 3 rings (SSSR count). The lowest BCUT2D eigenvalue weighted by Crippen LogP contribution is -2.10. The minimum Gasteiger partial charge on any atom is -0.493 e. The number of aromatic amines is 1. The van der Waals surface area contributed by atoms with Crippen LogP contribution in [0.5, 0.6) is 11.5 Å². The number of benzene rings is 2. The van der Waals surface area contributed by atoms with Gasteiger partial charge in [-0.1, -0.05) is 23.7 Å². The highest BCUT2D eigenvalue weighted by atomic mass is 35.5. The topological polar surface area (TPSA) is 103 Å². The average molecular weight is 402 g/mol. The number of nitrogens with zero attached hydrogens (tertiary/aromatic N) is 2. The molecule has 3 aromatic rings. The van der Waals surface area contributed by atoms with Crippen LogP contribution in [-0.4, -0.2) is 41.1 Å². The Morgan fingerprint density at radius 3 is 2.57 bits per heavy atom. The van der Waals surface area contributed by atoms with Crippen molar-refractivity contribution in [3.05, 3.63) is 58.7 Å². The molecule has 2 aromatic carbocycles. The molecule has 0 atom stereocenters. The molecule has 0 amide bonds. The Balaban J connectivity index is 1.90. The fourth-order valence-corrected chi connectivity index (χ4v) is 2.67. The van der Waals surface area contributed by atoms with E-state index in [4.69, 9.17) is 25.8 Å². The number of H-pyrrole nitrogens is 1. The standard InChI is InChI=1S/C19H16ClN3O5/c1-3-27-19(25)17-16(21-23-22-17)11-8-9-14(15(10-11)26-2)28-18(24)12-6-4-5-7-13(12)20/h4-10H,3H2,1-2H3,(H,21,22,23). The quantitative estimate of drug-likeness (QED) is 0.497. The summed E-state index contributed by atoms with van der Waals surface area (Å²) >= 11 is 6.03. The van der Waals surface area contributed by atoms with E-state index in [1.807, 2.05) is 0 Å². The van der Waals surface area contributed by atoms with Crippen LogP contribution < -0.4 is 9.47 Å². The van der Waals surface area contributed by atoms with Crippen LogP contribution in [0.1, 0.15) is 27.8 Å². The summed E-state index contributed by atoms with van der Waals surface area (Å²) in [6.07, 6.45) is 0. The van der Waals surface area contributed by atoms with Crippen LogP contribution in [0.25, 0.3) is 11.3 Å². The molecule has 0 spiro atoms. The van der Waals surface area contributed by atoms with Crippen molar-refractivity contribution in [2.45, 2.75) is 6.92 Å². The Morgan fingerprint density at radius 1 is 1.07 bits per heavy atom. The molecule has 0 aliphatic carbocycles. The lowest BCUT2D eigenvalue weighted by Gasteiger charge is -2.11. The van der Waals surface area contributed by atoms with Crippen molar-refractivity contribution < 1.29 is 23.8 Å². The van der Waals surface area contributed by atoms with Gasteiger partial charge in [0.2, 0.25) is 0 Å². The second-order valence-corrected chi connectivity index (χ2v) is 5.88. The van der Waals surface area contributed by atoms with E-state index < -0.39 is 11.9 Å². The summed E-state index contributed by atoms with van der Waals surface area (Å²) in [5, 5.41) is 10.5. The predicted octanol–water partition coefficient (Wildman–Crippen LogP) is 3.53. The SMILES string of the molecule is CCOC(=O)c1n[nH]nc1-c1ccc(OC(=O)c2ccccc2Cl)c(OC)c1. The van der Waals surface area contributed by atoms with Gasteiger partial charge in [0.1, 0.15) is 5.69 Å². The van der Waals surface area contributed by atoms with Crippen LogP contribution in [0.4, 0.5) is 0 Å². The number of halogens is 1. The molecule has 8 nitrogen and oxygen atoms in total. The van der Waals surface area contributed by atoms with Crippen molar-refractivity contribution in [1.29, 1.82) is 0 Å². The van der Waals surface area contributed by atoms with E-state index in [1.54, 1.807) is 43.3 Å². The Labute approximate surface area is 165 Å². The number of esters is 2. The van der Waals surface area contributed by atoms with Crippen molar-refractivity contribution >= 4 is 23.5 Å². The zero-order valence-electron chi connectivity index (χ0n) is 15.1. The molecular formula is C19H16ClN3O5. The number of aromatic nitrogens is 3. The number of carbonyl (C=O) groups excluding carboxylic acids is 2. The molecule has 0 saturated carbocycles. The van der Waals surface area contributed by atoms with Gasteiger partial charge in [0.05, 0.1) is 24.3 Å². The second-order valence-electron chi connectivity index (χ2n) is 5.48. The summed E-state index contributed by atoms with van der Waals surface area (Å²) in [5.74, 6) is -0.752. The molecule has 1 N–H and O–H groups in total. The van der Waals surface area contributed by atoms with E-state index >= 15 is 0 Å². The molecule has 0 bridgehead atoms. The van der Waals surface area contributed by atoms with Crippen molar-refractivity contribution in [2.75, 3.05) is 13.7 Å². The Morgan fingerprint density at radius 2 is 1.86 bits per heavy atom. The van der Waals surface area contributed by atoms with Gasteiger partial charge in [-0.2, -0.15) is 10.3 Å². The molecule has 1 heterocycles. The summed E-state index contributed by atoms with van der Waals surface area (Å²) in [6, 6.07) is 11.3. The fourth-order valence-electron chi connectivity index (χ4n) is 2.45. The van der Waals surface area contributed by atoms with Crippen molar-refractivity contribution in [3.63, 3.8) is 0 Å². The number of carbonyl (C=O) groups is 2. The Hall–Kier alpha value is -3.39. The summed E-state index contributed by atoms with van der Waals surface area (Å²) in [7, 11) is 1.43. The van der Waals surface area contributed by atoms with Gasteiger partial charge in [-0.25, -0.2) is 9.59 Å². The van der Waals surface area contributed by atoms with Crippen LogP contribution >= 0.6 is 11.6 Å². The zero-order chi connectivity index (χ0) is 20.1. The van der Waals surface area contributed by atoms with Crippen LogP contribution in [0.2, 0.25) is 5.02 Å². The molecule has 0 fully saturated rings. The number of methoxy groups -OCH3 is 1. The van der Waals surface area contributed by atoms with Gasteiger partial charge < -0.3 is 14.2 Å². The average Bonchev–Trinajstić information content (AvgIpc) is 3.18. The third kappa shape index (κ3) is 3.96. The third-order valence-corrected chi connectivity index (χ3v) is 4.08. The maximum Gasteiger partial charge on any atom is 0.361 e. The molecule has 0 saturated heterocycles. The molecule has 0 radical (unpaired) electrons. The van der Waals surface area contributed by atoms with Crippen LogP contribution in [0.15, 0.2) is 42.5 Å². The van der Waals surface area contributed by atoms with Gasteiger partial charge in [0.15, 0.2) is 17.2 Å². The van der Waals surface area contributed by atoms with Crippen LogP contribution in [0.3, 0.4) is 0 Å². The normalized spacial score (nSPS) is 10.4. The van der Waals surface area contributed by atoms with E-state index in [0.717, 1.165) is 0 Å². The van der Waals surface area contributed by atoms with E-state index in [2.05, 4.69) is 15.4 Å². The number of ether oxygens (including phenoxy) is 3. The first kappa shape index (κ1) is 19.4. The molecule has 0 unspecified atom stereocenters. The highest BCUT2D eigenvalue weighted by Gasteiger charge is 2.21. The molecular weight excluding hydrogens is 386 g/mol. The molecule has 0 aliphatic heterocycles. The number of nitrogens with one attached hydrogen (secondary N) is 1. The van der Waals surface area contributed by atoms with E-state index in [0.29, 0.717) is 11.3 Å². The number of hydrogen-bond donors (Lipinski definition) is 1. The molecule has 144 valence electrons. The van der Waals surface area contributed by atoms with Crippen molar-refractivity contribution in [1.82, 2.24) is 15.4 Å². The van der Waals surface area contributed by atoms with Gasteiger partial charge in [0.25, 0.3) is 0 Å². The summed E-state index contributed by atoms with van der Waals surface area (Å²) in [6.45, 7) is 1.91. The highest BCUT2D eigenvalue weighted by molar-refractivity contribution is 6.33. The first-order valence-electron chi connectivity index (χ1n) is 8.28. The maximum atomic E-state index is 12.4. The lowest BCUT2D eigenvalue weighted by atomic mass is 10.1. The highest BCUT2D eigenvalue weighted by Crippen LogP contribution is 2.33. The maximum absolute atomic E-state index is 12.4. The summed E-state index contributed by atoms with van der Waals surface area (Å²) < 4.78 is 15.7. The fraction of sp³-hybridized carbons (Fsp3) is 0.158. The van der Waals surface area contributed by atoms with Gasteiger partial charge >= 0.3 is 11.9 Å².